The van der Waals surface area contributed by atoms with E-state index >= 15 is 0 Å². The van der Waals surface area contributed by atoms with Gasteiger partial charge in [-0.2, -0.15) is 0 Å². The van der Waals surface area contributed by atoms with Crippen molar-refractivity contribution in [1.29, 1.82) is 0 Å². The smallest absolute Gasteiger partial charge is 0.0716 e. The third-order valence-electron chi connectivity index (χ3n) is 4.12. The number of benzene rings is 1. The number of rotatable bonds is 1. The second-order valence-electron chi connectivity index (χ2n) is 5.44. The largest absolute Gasteiger partial charge is 0.264 e. The van der Waals surface area contributed by atoms with E-state index in [0.29, 0.717) is 0 Å². The molecule has 0 atom stereocenters. The van der Waals surface area contributed by atoms with Gasteiger partial charge >= 0.3 is 0 Å². The normalized spacial score (nSPS) is 11.5. The number of thiophene rings is 1. The predicted octanol–water partition coefficient (Wildman–Crippen LogP) is 5.06. The highest BCUT2D eigenvalue weighted by Gasteiger charge is 2.09. The van der Waals surface area contributed by atoms with Crippen LogP contribution < -0.4 is 0 Å². The van der Waals surface area contributed by atoms with Crippen LogP contribution in [0.4, 0.5) is 0 Å². The lowest BCUT2D eigenvalue weighted by Gasteiger charge is -2.05. The van der Waals surface area contributed by atoms with E-state index in [1.807, 2.05) is 37.1 Å². The van der Waals surface area contributed by atoms with E-state index < -0.39 is 0 Å². The highest BCUT2D eigenvalue weighted by atomic mass is 32.1. The van der Waals surface area contributed by atoms with Gasteiger partial charge in [-0.3, -0.25) is 15.0 Å². The molecule has 0 aliphatic heterocycles. The maximum Gasteiger partial charge on any atom is 0.0716 e. The molecule has 4 heterocycles. The van der Waals surface area contributed by atoms with Crippen LogP contribution in [0.1, 0.15) is 0 Å². The van der Waals surface area contributed by atoms with Crippen LogP contribution in [0.2, 0.25) is 0 Å². The maximum absolute atomic E-state index is 4.68. The lowest BCUT2D eigenvalue weighted by Crippen LogP contribution is -1.85. The summed E-state index contributed by atoms with van der Waals surface area (Å²) in [6.07, 6.45) is 9.46. The molecule has 0 aliphatic carbocycles. The molecule has 0 spiro atoms. The first kappa shape index (κ1) is 12.7. The van der Waals surface area contributed by atoms with Crippen molar-refractivity contribution in [3.05, 3.63) is 67.4 Å². The summed E-state index contributed by atoms with van der Waals surface area (Å²) in [7, 11) is 0. The van der Waals surface area contributed by atoms with Crippen molar-refractivity contribution in [3.63, 3.8) is 0 Å². The molecule has 1 aromatic carbocycles. The molecule has 5 rings (SSSR count). The first-order valence-electron chi connectivity index (χ1n) is 7.35. The van der Waals surface area contributed by atoms with E-state index in [9.17, 15) is 0 Å². The molecule has 0 radical (unpaired) electrons. The van der Waals surface area contributed by atoms with E-state index in [1.54, 1.807) is 11.3 Å². The molecule has 4 heteroatoms. The fourth-order valence-electron chi connectivity index (χ4n) is 3.02. The van der Waals surface area contributed by atoms with Gasteiger partial charge in [-0.25, -0.2) is 0 Å². The van der Waals surface area contributed by atoms with Gasteiger partial charge in [0.2, 0.25) is 0 Å². The monoisotopic (exact) mass is 313 g/mol. The fraction of sp³-hybridized carbons (Fsp3) is 0. The Morgan fingerprint density at radius 1 is 0.739 bits per heavy atom. The molecule has 0 bridgehead atoms. The first-order chi connectivity index (χ1) is 11.4. The Hall–Kier alpha value is -2.85. The van der Waals surface area contributed by atoms with Crippen LogP contribution >= 0.6 is 11.3 Å². The second kappa shape index (κ2) is 4.83. The zero-order valence-corrected chi connectivity index (χ0v) is 12.9. The summed E-state index contributed by atoms with van der Waals surface area (Å²) in [6, 6.07) is 12.6. The van der Waals surface area contributed by atoms with Gasteiger partial charge in [0.1, 0.15) is 0 Å². The molecule has 108 valence electrons. The predicted molar refractivity (Wildman–Crippen MR) is 95.7 cm³/mol. The average Bonchev–Trinajstić information content (AvgIpc) is 2.99. The Bertz CT molecular complexity index is 1170. The molecule has 0 aliphatic rings. The fourth-order valence-corrected chi connectivity index (χ4v) is 4.04. The van der Waals surface area contributed by atoms with Gasteiger partial charge in [-0.15, -0.1) is 11.3 Å². The van der Waals surface area contributed by atoms with Crippen molar-refractivity contribution < 1.29 is 0 Å². The second-order valence-corrected chi connectivity index (χ2v) is 6.53. The van der Waals surface area contributed by atoms with Crippen molar-refractivity contribution in [3.8, 4) is 11.3 Å². The van der Waals surface area contributed by atoms with E-state index in [0.717, 1.165) is 16.6 Å². The minimum absolute atomic E-state index is 0.979. The average molecular weight is 313 g/mol. The van der Waals surface area contributed by atoms with Crippen molar-refractivity contribution in [2.45, 2.75) is 0 Å². The third kappa shape index (κ3) is 1.92. The Labute approximate surface area is 136 Å². The quantitative estimate of drug-likeness (QED) is 0.434. The van der Waals surface area contributed by atoms with Gasteiger partial charge in [0.25, 0.3) is 0 Å². The molecule has 23 heavy (non-hydrogen) atoms. The zero-order chi connectivity index (χ0) is 15.2. The number of hydrogen-bond donors (Lipinski definition) is 0. The summed E-state index contributed by atoms with van der Waals surface area (Å²) in [6.45, 7) is 0. The van der Waals surface area contributed by atoms with Crippen molar-refractivity contribution >= 4 is 42.3 Å². The molecule has 4 aromatic heterocycles. The molecular weight excluding hydrogens is 302 g/mol. The molecule has 0 amide bonds. The lowest BCUT2D eigenvalue weighted by molar-refractivity contribution is 1.35. The number of hydrogen-bond acceptors (Lipinski definition) is 4. The Morgan fingerprint density at radius 3 is 2.61 bits per heavy atom. The SMILES string of the molecule is c1cc(-c2cc3c(cn2)sc2cnccc23)c2cnccc2c1. The van der Waals surface area contributed by atoms with E-state index in [4.69, 9.17) is 0 Å². The standard InChI is InChI=1S/C19H11N3S/c1-2-12-4-6-20-9-16(12)13(3-1)17-8-15-14-5-7-21-10-18(14)23-19(15)11-22-17/h1-11H. The van der Waals surface area contributed by atoms with Crippen molar-refractivity contribution in [1.82, 2.24) is 15.0 Å². The molecular formula is C19H11N3S. The summed E-state index contributed by atoms with van der Waals surface area (Å²) in [4.78, 5) is 13.2. The van der Waals surface area contributed by atoms with E-state index in [2.05, 4.69) is 45.3 Å². The topological polar surface area (TPSA) is 38.7 Å². The highest BCUT2D eigenvalue weighted by Crippen LogP contribution is 2.35. The number of nitrogens with zero attached hydrogens (tertiary/aromatic N) is 3. The van der Waals surface area contributed by atoms with Crippen LogP contribution in [-0.4, -0.2) is 15.0 Å². The van der Waals surface area contributed by atoms with E-state index in [-0.39, 0.29) is 0 Å². The summed E-state index contributed by atoms with van der Waals surface area (Å²) >= 11 is 1.73. The molecule has 0 N–H and O–H groups in total. The van der Waals surface area contributed by atoms with Crippen LogP contribution in [0, 0.1) is 0 Å². The number of pyridine rings is 3. The molecule has 3 nitrogen and oxygen atoms in total. The van der Waals surface area contributed by atoms with Crippen LogP contribution in [0.3, 0.4) is 0 Å². The van der Waals surface area contributed by atoms with Gasteiger partial charge < -0.3 is 0 Å². The van der Waals surface area contributed by atoms with Crippen molar-refractivity contribution in [2.24, 2.45) is 0 Å². The van der Waals surface area contributed by atoms with Crippen LogP contribution in [0.5, 0.6) is 0 Å². The minimum atomic E-state index is 0.979. The van der Waals surface area contributed by atoms with E-state index in [1.165, 1.54) is 25.6 Å². The lowest BCUT2D eigenvalue weighted by atomic mass is 10.0. The molecule has 0 saturated heterocycles. The summed E-state index contributed by atoms with van der Waals surface area (Å²) in [5.74, 6) is 0. The van der Waals surface area contributed by atoms with Gasteiger partial charge in [0, 0.05) is 52.7 Å². The van der Waals surface area contributed by atoms with Gasteiger partial charge in [0.05, 0.1) is 15.1 Å². The van der Waals surface area contributed by atoms with Gasteiger partial charge in [0.15, 0.2) is 0 Å². The Morgan fingerprint density at radius 2 is 1.61 bits per heavy atom. The molecule has 0 fully saturated rings. The Balaban J connectivity index is 1.84. The van der Waals surface area contributed by atoms with Crippen LogP contribution in [-0.2, 0) is 0 Å². The summed E-state index contributed by atoms with van der Waals surface area (Å²) in [5.41, 5.74) is 2.10. The van der Waals surface area contributed by atoms with Crippen molar-refractivity contribution in [2.75, 3.05) is 0 Å². The van der Waals surface area contributed by atoms with Crippen LogP contribution in [0.25, 0.3) is 42.2 Å². The highest BCUT2D eigenvalue weighted by molar-refractivity contribution is 7.25. The van der Waals surface area contributed by atoms with Crippen LogP contribution in [0.15, 0.2) is 67.4 Å². The molecule has 5 aromatic rings. The van der Waals surface area contributed by atoms with Gasteiger partial charge in [-0.1, -0.05) is 18.2 Å². The Kier molecular flexibility index (Phi) is 2.66. The summed E-state index contributed by atoms with van der Waals surface area (Å²) in [5, 5.41) is 4.78. The summed E-state index contributed by atoms with van der Waals surface area (Å²) < 4.78 is 2.39. The minimum Gasteiger partial charge on any atom is -0.264 e. The third-order valence-corrected chi connectivity index (χ3v) is 5.21. The van der Waals surface area contributed by atoms with Gasteiger partial charge in [-0.05, 0) is 23.6 Å². The first-order valence-corrected chi connectivity index (χ1v) is 8.17. The number of fused-ring (bicyclic) bond motifs is 4. The maximum atomic E-state index is 4.68. The number of aromatic nitrogens is 3. The molecule has 0 unspecified atom stereocenters. The molecule has 0 saturated carbocycles. The zero-order valence-electron chi connectivity index (χ0n) is 12.1.